The maximum absolute atomic E-state index is 5.60. The largest absolute Gasteiger partial charge is 0.377 e. The second-order valence-corrected chi connectivity index (χ2v) is 4.28. The van der Waals surface area contributed by atoms with E-state index in [2.05, 4.69) is 21.0 Å². The van der Waals surface area contributed by atoms with E-state index in [1.165, 1.54) is 11.7 Å². The van der Waals surface area contributed by atoms with E-state index in [-0.39, 0.29) is 12.1 Å². The third kappa shape index (κ3) is 4.68. The van der Waals surface area contributed by atoms with Crippen molar-refractivity contribution < 1.29 is 4.74 Å². The molecule has 0 saturated carbocycles. The van der Waals surface area contributed by atoms with Crippen molar-refractivity contribution >= 4 is 11.7 Å². The van der Waals surface area contributed by atoms with Crippen LogP contribution in [0.25, 0.3) is 0 Å². The molecule has 0 aliphatic rings. The van der Waals surface area contributed by atoms with Gasteiger partial charge in [-0.3, -0.25) is 0 Å². The molecule has 0 bridgehead atoms. The van der Waals surface area contributed by atoms with Crippen molar-refractivity contribution in [2.75, 3.05) is 13.2 Å². The van der Waals surface area contributed by atoms with Crippen LogP contribution in [0.2, 0.25) is 0 Å². The summed E-state index contributed by atoms with van der Waals surface area (Å²) < 4.78 is 13.8. The Bertz CT molecular complexity index is 251. The number of hydrogen-bond donors (Lipinski definition) is 1. The van der Waals surface area contributed by atoms with Gasteiger partial charge in [-0.25, -0.2) is 0 Å². The Kier molecular flexibility index (Phi) is 5.75. The number of aromatic nitrogens is 2. The average Bonchev–Trinajstić information content (AvgIpc) is 2.71. The normalized spacial score (nSPS) is 13.3. The van der Waals surface area contributed by atoms with Gasteiger partial charge in [0.1, 0.15) is 0 Å². The number of nitrogens with one attached hydrogen (secondary N) is 1. The van der Waals surface area contributed by atoms with E-state index in [4.69, 9.17) is 4.74 Å². The summed E-state index contributed by atoms with van der Waals surface area (Å²) >= 11 is 1.24. The van der Waals surface area contributed by atoms with E-state index >= 15 is 0 Å². The first-order chi connectivity index (χ1) is 7.24. The van der Waals surface area contributed by atoms with Crippen molar-refractivity contribution in [2.45, 2.75) is 39.3 Å². The van der Waals surface area contributed by atoms with Gasteiger partial charge in [0, 0.05) is 0 Å². The molecule has 86 valence electrons. The van der Waals surface area contributed by atoms with Gasteiger partial charge in [0.05, 0.1) is 42.4 Å². The quantitative estimate of drug-likeness (QED) is 0.777. The summed E-state index contributed by atoms with van der Waals surface area (Å²) in [5.41, 5.74) is 0.981. The number of nitrogens with zero attached hydrogens (tertiary/aromatic N) is 2. The first kappa shape index (κ1) is 12.5. The Morgan fingerprint density at radius 2 is 2.33 bits per heavy atom. The number of rotatable bonds is 7. The molecule has 1 atom stereocenters. The van der Waals surface area contributed by atoms with Gasteiger partial charge in [-0.05, 0) is 26.8 Å². The Morgan fingerprint density at radius 1 is 1.53 bits per heavy atom. The zero-order valence-corrected chi connectivity index (χ0v) is 10.4. The molecule has 0 aliphatic heterocycles. The molecule has 1 N–H and O–H groups in total. The maximum Gasteiger partial charge on any atom is 0.0935 e. The molecule has 1 aromatic rings. The van der Waals surface area contributed by atoms with Crippen molar-refractivity contribution in [3.8, 4) is 0 Å². The third-order valence-electron chi connectivity index (χ3n) is 1.97. The molecular weight excluding hydrogens is 210 g/mol. The van der Waals surface area contributed by atoms with Crippen LogP contribution < -0.4 is 5.32 Å². The Labute approximate surface area is 95.4 Å². The highest BCUT2D eigenvalue weighted by Crippen LogP contribution is 2.11. The summed E-state index contributed by atoms with van der Waals surface area (Å²) in [6, 6.07) is 0.172. The van der Waals surface area contributed by atoms with Crippen LogP contribution in [0.3, 0.4) is 0 Å². The van der Waals surface area contributed by atoms with Crippen molar-refractivity contribution in [1.29, 1.82) is 0 Å². The second kappa shape index (κ2) is 6.87. The summed E-state index contributed by atoms with van der Waals surface area (Å²) in [6.07, 6.45) is 3.17. The Balaban J connectivity index is 2.46. The fraction of sp³-hybridized carbons (Fsp3) is 0.800. The fourth-order valence-corrected chi connectivity index (χ4v) is 1.65. The first-order valence-corrected chi connectivity index (χ1v) is 6.09. The molecule has 0 amide bonds. The van der Waals surface area contributed by atoms with Crippen LogP contribution in [0.5, 0.6) is 0 Å². The van der Waals surface area contributed by atoms with Gasteiger partial charge >= 0.3 is 0 Å². The van der Waals surface area contributed by atoms with Crippen LogP contribution in [-0.4, -0.2) is 28.0 Å². The monoisotopic (exact) mass is 229 g/mol. The lowest BCUT2D eigenvalue weighted by molar-refractivity contribution is 0.0605. The molecule has 1 unspecified atom stereocenters. The highest BCUT2D eigenvalue weighted by molar-refractivity contribution is 6.99. The summed E-state index contributed by atoms with van der Waals surface area (Å²) in [6.45, 7) is 7.85. The van der Waals surface area contributed by atoms with Crippen LogP contribution in [0, 0.1) is 0 Å². The van der Waals surface area contributed by atoms with E-state index in [0.29, 0.717) is 6.61 Å². The molecule has 1 rings (SSSR count). The molecule has 0 spiro atoms. The minimum absolute atomic E-state index is 0.172. The average molecular weight is 229 g/mol. The van der Waals surface area contributed by atoms with Crippen molar-refractivity contribution in [3.05, 3.63) is 11.9 Å². The third-order valence-corrected chi connectivity index (χ3v) is 2.46. The van der Waals surface area contributed by atoms with E-state index in [1.807, 2.05) is 20.0 Å². The lowest BCUT2D eigenvalue weighted by atomic mass is 10.2. The van der Waals surface area contributed by atoms with Crippen LogP contribution >= 0.6 is 11.7 Å². The molecule has 5 heteroatoms. The van der Waals surface area contributed by atoms with E-state index in [0.717, 1.165) is 18.7 Å². The standard InChI is InChI=1S/C10H19N3OS/c1-4-5-11-10(7-14-8(2)3)9-6-12-15-13-9/h6,8,10-11H,4-5,7H2,1-3H3. The topological polar surface area (TPSA) is 47.0 Å². The van der Waals surface area contributed by atoms with Gasteiger partial charge in [-0.15, -0.1) is 0 Å². The Morgan fingerprint density at radius 3 is 2.87 bits per heavy atom. The molecule has 0 fully saturated rings. The molecule has 0 radical (unpaired) electrons. The van der Waals surface area contributed by atoms with E-state index in [9.17, 15) is 0 Å². The van der Waals surface area contributed by atoms with Gasteiger partial charge < -0.3 is 10.1 Å². The van der Waals surface area contributed by atoms with Gasteiger partial charge in [-0.2, -0.15) is 8.75 Å². The highest BCUT2D eigenvalue weighted by Gasteiger charge is 2.14. The molecule has 4 nitrogen and oxygen atoms in total. The fourth-order valence-electron chi connectivity index (χ4n) is 1.18. The predicted octanol–water partition coefficient (Wildman–Crippen LogP) is 2.00. The lowest BCUT2D eigenvalue weighted by Crippen LogP contribution is -2.27. The van der Waals surface area contributed by atoms with E-state index in [1.54, 1.807) is 0 Å². The van der Waals surface area contributed by atoms with Crippen molar-refractivity contribution in [2.24, 2.45) is 0 Å². The lowest BCUT2D eigenvalue weighted by Gasteiger charge is -2.17. The zero-order chi connectivity index (χ0) is 11.1. The summed E-state index contributed by atoms with van der Waals surface area (Å²) in [5, 5.41) is 3.41. The van der Waals surface area contributed by atoms with Crippen LogP contribution in [-0.2, 0) is 4.74 Å². The summed E-state index contributed by atoms with van der Waals surface area (Å²) in [5.74, 6) is 0. The minimum atomic E-state index is 0.172. The minimum Gasteiger partial charge on any atom is -0.377 e. The molecule has 15 heavy (non-hydrogen) atoms. The van der Waals surface area contributed by atoms with E-state index < -0.39 is 0 Å². The molecular formula is C10H19N3OS. The molecule has 1 aromatic heterocycles. The zero-order valence-electron chi connectivity index (χ0n) is 9.56. The smallest absolute Gasteiger partial charge is 0.0935 e. The van der Waals surface area contributed by atoms with Gasteiger partial charge in [0.15, 0.2) is 0 Å². The maximum atomic E-state index is 5.60. The van der Waals surface area contributed by atoms with Crippen molar-refractivity contribution in [3.63, 3.8) is 0 Å². The van der Waals surface area contributed by atoms with Crippen LogP contribution in [0.15, 0.2) is 6.20 Å². The van der Waals surface area contributed by atoms with Crippen LogP contribution in [0.4, 0.5) is 0 Å². The SMILES string of the molecule is CCCNC(COC(C)C)c1cnsn1. The molecule has 0 aromatic carbocycles. The number of ether oxygens (including phenoxy) is 1. The molecule has 0 saturated heterocycles. The summed E-state index contributed by atoms with van der Waals surface area (Å²) in [4.78, 5) is 0. The molecule has 1 heterocycles. The van der Waals surface area contributed by atoms with Gasteiger partial charge in [0.2, 0.25) is 0 Å². The predicted molar refractivity (Wildman–Crippen MR) is 62.0 cm³/mol. The Hall–Kier alpha value is -0.520. The molecule has 0 aliphatic carbocycles. The van der Waals surface area contributed by atoms with Gasteiger partial charge in [-0.1, -0.05) is 6.92 Å². The summed E-state index contributed by atoms with van der Waals surface area (Å²) in [7, 11) is 0. The van der Waals surface area contributed by atoms with Gasteiger partial charge in [0.25, 0.3) is 0 Å². The van der Waals surface area contributed by atoms with Crippen LogP contribution in [0.1, 0.15) is 38.9 Å². The number of hydrogen-bond acceptors (Lipinski definition) is 5. The second-order valence-electron chi connectivity index (χ2n) is 3.72. The van der Waals surface area contributed by atoms with Crippen molar-refractivity contribution in [1.82, 2.24) is 14.1 Å². The highest BCUT2D eigenvalue weighted by atomic mass is 32.1. The first-order valence-electron chi connectivity index (χ1n) is 5.36.